The van der Waals surface area contributed by atoms with E-state index in [1.54, 1.807) is 11.3 Å². The number of benzene rings is 6. The second kappa shape index (κ2) is 10.9. The Morgan fingerprint density at radius 3 is 1.72 bits per heavy atom. The molecule has 0 fully saturated rings. The van der Waals surface area contributed by atoms with E-state index in [-0.39, 0.29) is 0 Å². The Balaban J connectivity index is 1.16. The fourth-order valence-electron chi connectivity index (χ4n) is 5.90. The first kappa shape index (κ1) is 26.4. The number of hydrogen-bond donors (Lipinski definition) is 0. The van der Waals surface area contributed by atoms with Crippen molar-refractivity contribution in [1.82, 2.24) is 19.9 Å². The van der Waals surface area contributed by atoms with Crippen molar-refractivity contribution in [2.45, 2.75) is 0 Å². The first-order valence-corrected chi connectivity index (χ1v) is 15.9. The van der Waals surface area contributed by atoms with Crippen molar-refractivity contribution in [1.29, 1.82) is 0 Å². The summed E-state index contributed by atoms with van der Waals surface area (Å²) in [7, 11) is 0. The fraction of sp³-hybridized carbons (Fsp3) is 0. The number of fused-ring (bicyclic) bond motifs is 4. The van der Waals surface area contributed by atoms with E-state index in [9.17, 15) is 0 Å². The minimum atomic E-state index is 0.616. The lowest BCUT2D eigenvalue weighted by molar-refractivity contribution is 0.670. The van der Waals surface area contributed by atoms with Crippen LogP contribution in [0.1, 0.15) is 0 Å². The zero-order valence-corrected chi connectivity index (χ0v) is 25.3. The second-order valence-electron chi connectivity index (χ2n) is 11.1. The van der Waals surface area contributed by atoms with Crippen LogP contribution in [0.3, 0.4) is 0 Å². The Hall–Kier alpha value is -5.98. The maximum Gasteiger partial charge on any atom is 0.164 e. The molecule has 9 aromatic rings. The molecule has 6 heteroatoms. The van der Waals surface area contributed by atoms with E-state index < -0.39 is 0 Å². The molecule has 3 aromatic heterocycles. The summed E-state index contributed by atoms with van der Waals surface area (Å²) < 4.78 is 7.68. The van der Waals surface area contributed by atoms with Gasteiger partial charge in [-0.3, -0.25) is 0 Å². The van der Waals surface area contributed by atoms with Crippen LogP contribution >= 0.6 is 11.3 Å². The van der Waals surface area contributed by atoms with Crippen LogP contribution in [0.4, 0.5) is 0 Å². The molecule has 46 heavy (non-hydrogen) atoms. The van der Waals surface area contributed by atoms with Crippen molar-refractivity contribution >= 4 is 43.5 Å². The first-order chi connectivity index (χ1) is 22.8. The zero-order valence-electron chi connectivity index (χ0n) is 24.5. The first-order valence-electron chi connectivity index (χ1n) is 15.1. The Bertz CT molecular complexity index is 2470. The summed E-state index contributed by atoms with van der Waals surface area (Å²) in [5, 5.41) is 3.08. The Kier molecular flexibility index (Phi) is 6.25. The highest BCUT2D eigenvalue weighted by Gasteiger charge is 2.17. The van der Waals surface area contributed by atoms with E-state index >= 15 is 0 Å². The average molecular weight is 609 g/mol. The van der Waals surface area contributed by atoms with Gasteiger partial charge >= 0.3 is 0 Å². The molecule has 0 bridgehead atoms. The Morgan fingerprint density at radius 2 is 1.04 bits per heavy atom. The van der Waals surface area contributed by atoms with Gasteiger partial charge in [-0.15, -0.1) is 11.3 Å². The maximum absolute atomic E-state index is 6.54. The van der Waals surface area contributed by atoms with Gasteiger partial charge in [0.2, 0.25) is 0 Å². The van der Waals surface area contributed by atoms with Gasteiger partial charge in [0.1, 0.15) is 16.2 Å². The molecular weight excluding hydrogens is 585 g/mol. The van der Waals surface area contributed by atoms with Crippen molar-refractivity contribution in [3.63, 3.8) is 0 Å². The predicted molar refractivity (Wildman–Crippen MR) is 187 cm³/mol. The molecule has 0 saturated heterocycles. The van der Waals surface area contributed by atoms with Gasteiger partial charge in [0.25, 0.3) is 0 Å². The van der Waals surface area contributed by atoms with Crippen LogP contribution < -0.4 is 0 Å². The highest BCUT2D eigenvalue weighted by molar-refractivity contribution is 7.21. The summed E-state index contributed by atoms with van der Waals surface area (Å²) in [6, 6.07) is 49.3. The van der Waals surface area contributed by atoms with Crippen LogP contribution in [0, 0.1) is 0 Å². The van der Waals surface area contributed by atoms with Gasteiger partial charge in [-0.25, -0.2) is 19.9 Å². The van der Waals surface area contributed by atoms with Gasteiger partial charge in [-0.1, -0.05) is 115 Å². The number of aromatic nitrogens is 4. The average Bonchev–Trinajstić information content (AvgIpc) is 3.74. The minimum absolute atomic E-state index is 0.616. The van der Waals surface area contributed by atoms with E-state index in [1.165, 1.54) is 0 Å². The highest BCUT2D eigenvalue weighted by Crippen LogP contribution is 2.39. The third-order valence-corrected chi connectivity index (χ3v) is 9.24. The van der Waals surface area contributed by atoms with E-state index in [4.69, 9.17) is 24.4 Å². The van der Waals surface area contributed by atoms with Gasteiger partial charge in [0.05, 0.1) is 10.2 Å². The maximum atomic E-state index is 6.54. The van der Waals surface area contributed by atoms with E-state index in [1.807, 2.05) is 91.0 Å². The van der Waals surface area contributed by atoms with Gasteiger partial charge < -0.3 is 4.42 Å². The molecule has 0 atom stereocenters. The van der Waals surface area contributed by atoms with Crippen LogP contribution in [0.2, 0.25) is 0 Å². The quantitative estimate of drug-likeness (QED) is 0.194. The summed E-state index contributed by atoms with van der Waals surface area (Å²) in [6.45, 7) is 0. The third-order valence-electron chi connectivity index (χ3n) is 8.17. The number of rotatable bonds is 5. The Morgan fingerprint density at radius 1 is 0.435 bits per heavy atom. The molecule has 216 valence electrons. The normalized spacial score (nSPS) is 11.5. The van der Waals surface area contributed by atoms with Gasteiger partial charge in [0.15, 0.2) is 17.5 Å². The van der Waals surface area contributed by atoms with Crippen molar-refractivity contribution < 1.29 is 4.42 Å². The molecule has 0 spiro atoms. The summed E-state index contributed by atoms with van der Waals surface area (Å²) in [4.78, 5) is 19.6. The van der Waals surface area contributed by atoms with Crippen molar-refractivity contribution in [3.05, 3.63) is 146 Å². The summed E-state index contributed by atoms with van der Waals surface area (Å²) in [6.07, 6.45) is 0. The number of furan rings is 1. The summed E-state index contributed by atoms with van der Waals surface area (Å²) in [5.74, 6) is 1.89. The molecule has 0 N–H and O–H groups in total. The molecule has 0 unspecified atom stereocenters. The standard InChI is InChI=1S/C40H24N4OS/c1-4-11-25(12-5-1)37-42-38(26-13-6-2-7-14-26)44-39(43-37)29-20-22-34-32(23-29)31-18-10-17-30(36(31)45-34)28-19-21-33-35(24-28)46-40(41-33)27-15-8-3-9-16-27/h1-24H. The fourth-order valence-corrected chi connectivity index (χ4v) is 6.91. The summed E-state index contributed by atoms with van der Waals surface area (Å²) in [5.41, 5.74) is 8.72. The minimum Gasteiger partial charge on any atom is -0.455 e. The van der Waals surface area contributed by atoms with E-state index in [2.05, 4.69) is 54.6 Å². The molecule has 0 aliphatic heterocycles. The lowest BCUT2D eigenvalue weighted by Crippen LogP contribution is -2.00. The summed E-state index contributed by atoms with van der Waals surface area (Å²) >= 11 is 1.71. The van der Waals surface area contributed by atoms with Crippen molar-refractivity contribution in [2.75, 3.05) is 0 Å². The van der Waals surface area contributed by atoms with Crippen molar-refractivity contribution in [2.24, 2.45) is 0 Å². The van der Waals surface area contributed by atoms with Crippen LogP contribution in [0.5, 0.6) is 0 Å². The van der Waals surface area contributed by atoms with Crippen LogP contribution in [-0.4, -0.2) is 19.9 Å². The predicted octanol–water partition coefficient (Wildman–Crippen LogP) is 10.7. The lowest BCUT2D eigenvalue weighted by atomic mass is 10.0. The monoisotopic (exact) mass is 608 g/mol. The molecule has 9 rings (SSSR count). The molecule has 5 nitrogen and oxygen atoms in total. The molecule has 0 aliphatic carbocycles. The number of para-hydroxylation sites is 1. The molecular formula is C40H24N4OS. The smallest absolute Gasteiger partial charge is 0.164 e. The van der Waals surface area contributed by atoms with Gasteiger partial charge in [0, 0.05) is 38.6 Å². The van der Waals surface area contributed by atoms with E-state index in [0.717, 1.165) is 70.5 Å². The molecule has 3 heterocycles. The third kappa shape index (κ3) is 4.64. The molecule has 0 aliphatic rings. The number of nitrogens with zero attached hydrogens (tertiary/aromatic N) is 4. The number of hydrogen-bond acceptors (Lipinski definition) is 6. The molecule has 0 amide bonds. The SMILES string of the molecule is c1ccc(-c2nc(-c3ccccc3)nc(-c3ccc4oc5c(-c6ccc7nc(-c8ccccc8)sc7c6)cccc5c4c3)n2)cc1. The van der Waals surface area contributed by atoms with Crippen LogP contribution in [-0.2, 0) is 0 Å². The molecule has 0 saturated carbocycles. The zero-order chi connectivity index (χ0) is 30.5. The highest BCUT2D eigenvalue weighted by atomic mass is 32.1. The largest absolute Gasteiger partial charge is 0.455 e. The topological polar surface area (TPSA) is 64.7 Å². The number of thiazole rings is 1. The van der Waals surface area contributed by atoms with Crippen LogP contribution in [0.15, 0.2) is 150 Å². The van der Waals surface area contributed by atoms with Gasteiger partial charge in [-0.05, 0) is 35.9 Å². The lowest BCUT2D eigenvalue weighted by Gasteiger charge is -2.08. The van der Waals surface area contributed by atoms with Gasteiger partial charge in [-0.2, -0.15) is 0 Å². The second-order valence-corrected chi connectivity index (χ2v) is 12.1. The Labute approximate surface area is 268 Å². The molecule has 0 radical (unpaired) electrons. The van der Waals surface area contributed by atoms with Crippen molar-refractivity contribution in [3.8, 4) is 55.9 Å². The van der Waals surface area contributed by atoms with E-state index in [0.29, 0.717) is 17.5 Å². The molecule has 6 aromatic carbocycles. The van der Waals surface area contributed by atoms with Crippen LogP contribution in [0.25, 0.3) is 88.0 Å².